The predicted molar refractivity (Wildman–Crippen MR) is 80.1 cm³/mol. The van der Waals surface area contributed by atoms with Crippen molar-refractivity contribution in [1.82, 2.24) is 20.0 Å². The lowest BCUT2D eigenvalue weighted by atomic mass is 9.92. The van der Waals surface area contributed by atoms with Crippen molar-refractivity contribution < 1.29 is 9.63 Å². The normalized spacial score (nSPS) is 26.2. The summed E-state index contributed by atoms with van der Waals surface area (Å²) in [6.07, 6.45) is 7.31. The molecule has 1 aliphatic heterocycles. The van der Waals surface area contributed by atoms with Gasteiger partial charge in [-0.2, -0.15) is 4.98 Å². The van der Waals surface area contributed by atoms with Crippen LogP contribution in [0, 0.1) is 5.92 Å². The molecule has 4 rings (SSSR count). The van der Waals surface area contributed by atoms with E-state index < -0.39 is 0 Å². The summed E-state index contributed by atoms with van der Waals surface area (Å²) in [4.78, 5) is 11.0. The fourth-order valence-corrected chi connectivity index (χ4v) is 3.42. The van der Waals surface area contributed by atoms with Gasteiger partial charge in [0.1, 0.15) is 0 Å². The van der Waals surface area contributed by atoms with Gasteiger partial charge in [-0.1, -0.05) is 11.6 Å². The lowest BCUT2D eigenvalue weighted by Gasteiger charge is -2.34. The van der Waals surface area contributed by atoms with Gasteiger partial charge in [0.2, 0.25) is 11.7 Å². The third kappa shape index (κ3) is 2.42. The van der Waals surface area contributed by atoms with Gasteiger partial charge in [0, 0.05) is 49.6 Å². The van der Waals surface area contributed by atoms with Crippen LogP contribution in [-0.2, 0) is 0 Å². The smallest absolute Gasteiger partial charge is 0.231 e. The number of likely N-dealkylation sites (tertiary alicyclic amines) is 1. The van der Waals surface area contributed by atoms with Gasteiger partial charge in [-0.3, -0.25) is 9.88 Å². The van der Waals surface area contributed by atoms with E-state index in [2.05, 4.69) is 20.0 Å². The highest BCUT2D eigenvalue weighted by Crippen LogP contribution is 2.37. The average molecular weight is 300 g/mol. The zero-order chi connectivity index (χ0) is 14.9. The van der Waals surface area contributed by atoms with Gasteiger partial charge in [0.05, 0.1) is 5.92 Å². The molecule has 0 unspecified atom stereocenters. The van der Waals surface area contributed by atoms with Crippen LogP contribution >= 0.6 is 0 Å². The maximum absolute atomic E-state index is 9.69. The van der Waals surface area contributed by atoms with E-state index in [1.165, 1.54) is 19.3 Å². The number of hydrogen-bond acceptors (Lipinski definition) is 6. The quantitative estimate of drug-likeness (QED) is 0.926. The second-order valence-corrected chi connectivity index (χ2v) is 6.28. The average Bonchev–Trinajstić information content (AvgIpc) is 3.12. The van der Waals surface area contributed by atoms with Crippen molar-refractivity contribution >= 4 is 0 Å². The lowest BCUT2D eigenvalue weighted by molar-refractivity contribution is 0.143. The number of nitrogens with zero attached hydrogens (tertiary/aromatic N) is 4. The minimum Gasteiger partial charge on any atom is -0.396 e. The van der Waals surface area contributed by atoms with Gasteiger partial charge >= 0.3 is 0 Å². The van der Waals surface area contributed by atoms with Crippen LogP contribution in [0.5, 0.6) is 0 Å². The summed E-state index contributed by atoms with van der Waals surface area (Å²) in [6.45, 7) is 2.01. The minimum atomic E-state index is 0.133. The molecule has 1 N–H and O–H groups in total. The number of hydrogen-bond donors (Lipinski definition) is 1. The minimum absolute atomic E-state index is 0.133. The Labute approximate surface area is 129 Å². The fraction of sp³-hybridized carbons (Fsp3) is 0.562. The number of aromatic nitrogens is 3. The van der Waals surface area contributed by atoms with Crippen LogP contribution < -0.4 is 0 Å². The molecule has 2 atom stereocenters. The van der Waals surface area contributed by atoms with Gasteiger partial charge in [0.25, 0.3) is 0 Å². The molecular formula is C16H20N4O2. The van der Waals surface area contributed by atoms with E-state index >= 15 is 0 Å². The molecule has 6 heteroatoms. The van der Waals surface area contributed by atoms with Crippen LogP contribution in [0.3, 0.4) is 0 Å². The Hall–Kier alpha value is -1.79. The van der Waals surface area contributed by atoms with E-state index in [9.17, 15) is 5.11 Å². The van der Waals surface area contributed by atoms with E-state index in [1.807, 2.05) is 12.1 Å². The maximum Gasteiger partial charge on any atom is 0.231 e. The molecule has 0 spiro atoms. The van der Waals surface area contributed by atoms with E-state index in [0.717, 1.165) is 18.7 Å². The van der Waals surface area contributed by atoms with Gasteiger partial charge in [0.15, 0.2) is 0 Å². The Morgan fingerprint density at radius 1 is 1.23 bits per heavy atom. The van der Waals surface area contributed by atoms with Crippen LogP contribution in [0.2, 0.25) is 0 Å². The van der Waals surface area contributed by atoms with Gasteiger partial charge in [-0.15, -0.1) is 0 Å². The van der Waals surface area contributed by atoms with Crippen molar-refractivity contribution in [2.45, 2.75) is 31.2 Å². The van der Waals surface area contributed by atoms with Gasteiger partial charge in [-0.25, -0.2) is 0 Å². The fourth-order valence-electron chi connectivity index (χ4n) is 3.42. The highest BCUT2D eigenvalue weighted by molar-refractivity contribution is 5.52. The molecule has 1 aliphatic carbocycles. The van der Waals surface area contributed by atoms with Crippen LogP contribution in [0.1, 0.15) is 31.1 Å². The molecule has 1 saturated heterocycles. The van der Waals surface area contributed by atoms with E-state index in [0.29, 0.717) is 17.8 Å². The second kappa shape index (κ2) is 5.78. The summed E-state index contributed by atoms with van der Waals surface area (Å²) in [5.41, 5.74) is 0.902. The molecule has 116 valence electrons. The molecule has 1 saturated carbocycles. The Kier molecular flexibility index (Phi) is 3.63. The standard InChI is InChI=1S/C16H20N4O2/c21-10-12-8-20(13-2-1-3-13)9-14(12)16-18-15(19-22-16)11-4-6-17-7-5-11/h4-7,12-14,21H,1-3,8-10H2/t12-,14+/m0/s1. The first-order valence-corrected chi connectivity index (χ1v) is 7.94. The Morgan fingerprint density at radius 2 is 2.05 bits per heavy atom. The van der Waals surface area contributed by atoms with Crippen molar-refractivity contribution in [3.8, 4) is 11.4 Å². The second-order valence-electron chi connectivity index (χ2n) is 6.28. The largest absolute Gasteiger partial charge is 0.396 e. The first-order chi connectivity index (χ1) is 10.8. The first-order valence-electron chi connectivity index (χ1n) is 7.94. The van der Waals surface area contributed by atoms with E-state index in [-0.39, 0.29) is 18.4 Å². The van der Waals surface area contributed by atoms with E-state index in [1.54, 1.807) is 12.4 Å². The molecule has 0 radical (unpaired) electrons. The molecule has 3 heterocycles. The number of pyridine rings is 1. The summed E-state index contributed by atoms with van der Waals surface area (Å²) >= 11 is 0. The van der Waals surface area contributed by atoms with Crippen LogP contribution in [0.15, 0.2) is 29.0 Å². The van der Waals surface area contributed by atoms with Crippen LogP contribution in [0.4, 0.5) is 0 Å². The predicted octanol–water partition coefficient (Wildman–Crippen LogP) is 1.69. The topological polar surface area (TPSA) is 75.3 Å². The van der Waals surface area contributed by atoms with Crippen molar-refractivity contribution in [2.24, 2.45) is 5.92 Å². The zero-order valence-corrected chi connectivity index (χ0v) is 12.4. The van der Waals surface area contributed by atoms with Crippen molar-refractivity contribution in [3.63, 3.8) is 0 Å². The highest BCUT2D eigenvalue weighted by Gasteiger charge is 2.40. The van der Waals surface area contributed by atoms with Crippen molar-refractivity contribution in [1.29, 1.82) is 0 Å². The zero-order valence-electron chi connectivity index (χ0n) is 12.4. The summed E-state index contributed by atoms with van der Waals surface area (Å²) in [6, 6.07) is 4.42. The highest BCUT2D eigenvalue weighted by atomic mass is 16.5. The summed E-state index contributed by atoms with van der Waals surface area (Å²) in [5, 5.41) is 13.8. The molecule has 6 nitrogen and oxygen atoms in total. The van der Waals surface area contributed by atoms with Crippen LogP contribution in [-0.4, -0.2) is 50.9 Å². The van der Waals surface area contributed by atoms with Gasteiger partial charge < -0.3 is 9.63 Å². The molecule has 2 aliphatic rings. The third-order valence-corrected chi connectivity index (χ3v) is 4.99. The number of aliphatic hydroxyl groups is 1. The molecule has 22 heavy (non-hydrogen) atoms. The molecular weight excluding hydrogens is 280 g/mol. The maximum atomic E-state index is 9.69. The van der Waals surface area contributed by atoms with E-state index in [4.69, 9.17) is 4.52 Å². The molecule has 2 fully saturated rings. The lowest BCUT2D eigenvalue weighted by Crippen LogP contribution is -2.38. The molecule has 2 aromatic heterocycles. The summed E-state index contributed by atoms with van der Waals surface area (Å²) in [7, 11) is 0. The first kappa shape index (κ1) is 13.8. The molecule has 0 aromatic carbocycles. The summed E-state index contributed by atoms with van der Waals surface area (Å²) < 4.78 is 5.50. The Bertz CT molecular complexity index is 626. The monoisotopic (exact) mass is 300 g/mol. The molecule has 0 bridgehead atoms. The van der Waals surface area contributed by atoms with Crippen molar-refractivity contribution in [3.05, 3.63) is 30.4 Å². The SMILES string of the molecule is OC[C@@H]1CN(C2CCC2)C[C@H]1c1nc(-c2ccncc2)no1. The van der Waals surface area contributed by atoms with Crippen LogP contribution in [0.25, 0.3) is 11.4 Å². The molecule has 2 aromatic rings. The number of aliphatic hydroxyl groups excluding tert-OH is 1. The number of rotatable bonds is 4. The Morgan fingerprint density at radius 3 is 2.73 bits per heavy atom. The summed E-state index contributed by atoms with van der Waals surface area (Å²) in [5.74, 6) is 1.56. The van der Waals surface area contributed by atoms with Gasteiger partial charge in [-0.05, 0) is 25.0 Å². The Balaban J connectivity index is 1.54. The molecule has 0 amide bonds. The van der Waals surface area contributed by atoms with Crippen molar-refractivity contribution in [2.75, 3.05) is 19.7 Å². The third-order valence-electron chi connectivity index (χ3n) is 4.99.